The van der Waals surface area contributed by atoms with Crippen molar-refractivity contribution in [1.29, 1.82) is 0 Å². The molecule has 0 bridgehead atoms. The van der Waals surface area contributed by atoms with E-state index < -0.39 is 5.41 Å². The van der Waals surface area contributed by atoms with E-state index in [0.29, 0.717) is 56.7 Å². The zero-order chi connectivity index (χ0) is 30.9. The maximum Gasteiger partial charge on any atom is 0.207 e. The zero-order valence-corrected chi connectivity index (χ0v) is 26.0. The molecule has 0 spiro atoms. The third-order valence-corrected chi connectivity index (χ3v) is 7.65. The van der Waals surface area contributed by atoms with Crippen LogP contribution in [0.1, 0.15) is 44.0 Å². The van der Waals surface area contributed by atoms with E-state index in [1.807, 2.05) is 60.1 Å². The minimum absolute atomic E-state index is 0.0855. The Bertz CT molecular complexity index is 1340. The van der Waals surface area contributed by atoms with Crippen molar-refractivity contribution in [2.75, 3.05) is 54.5 Å². The maximum absolute atomic E-state index is 12.2. The van der Waals surface area contributed by atoms with Crippen LogP contribution in [0.3, 0.4) is 0 Å². The van der Waals surface area contributed by atoms with Crippen molar-refractivity contribution in [2.24, 2.45) is 5.41 Å². The summed E-state index contributed by atoms with van der Waals surface area (Å²) in [5.74, 6) is 0.811. The number of aromatic nitrogens is 1. The number of nitrogens with one attached hydrogen (secondary N) is 2. The summed E-state index contributed by atoms with van der Waals surface area (Å²) in [6, 6.07) is 6.14. The van der Waals surface area contributed by atoms with Crippen LogP contribution in [0.25, 0.3) is 16.6 Å². The lowest BCUT2D eigenvalue weighted by Crippen LogP contribution is -2.34. The number of carbonyl (C=O) groups excluding carboxylic acids is 3. The van der Waals surface area contributed by atoms with Crippen LogP contribution < -0.4 is 15.4 Å². The molecule has 2 unspecified atom stereocenters. The molecule has 1 aliphatic heterocycles. The van der Waals surface area contributed by atoms with Gasteiger partial charge in [0.05, 0.1) is 23.5 Å². The van der Waals surface area contributed by atoms with Gasteiger partial charge in [-0.15, -0.1) is 0 Å². The van der Waals surface area contributed by atoms with Gasteiger partial charge in [-0.25, -0.2) is 4.98 Å². The summed E-state index contributed by atoms with van der Waals surface area (Å²) in [6.07, 6.45) is 4.78. The molecular weight excluding hydrogens is 534 g/mol. The Hall–Kier alpha value is -3.60. The van der Waals surface area contributed by atoms with E-state index in [0.717, 1.165) is 51.7 Å². The number of fused-ring (bicyclic) bond motifs is 2. The summed E-state index contributed by atoms with van der Waals surface area (Å²) in [5, 5.41) is 6.97. The minimum Gasteiger partial charge on any atom is -0.489 e. The molecule has 10 heteroatoms. The second-order valence-corrected chi connectivity index (χ2v) is 11.3. The van der Waals surface area contributed by atoms with Gasteiger partial charge in [-0.2, -0.15) is 0 Å². The third kappa shape index (κ3) is 7.61. The Morgan fingerprint density at radius 2 is 2.00 bits per heavy atom. The van der Waals surface area contributed by atoms with Crippen LogP contribution in [0, 0.1) is 5.41 Å². The highest BCUT2D eigenvalue weighted by Crippen LogP contribution is 2.40. The third-order valence-electron chi connectivity index (χ3n) is 7.65. The summed E-state index contributed by atoms with van der Waals surface area (Å²) in [7, 11) is 7.58. The molecule has 2 N–H and O–H groups in total. The SMILES string of the molecule is CCC(C)(C=O)C(/C=C1/c2nc3ccc(OC(C)CNCCNC=O)c(CN(C)C)c3cc2CN1C)=C(/C=O)COC. The Morgan fingerprint density at radius 3 is 2.62 bits per heavy atom. The standard InChI is InChI=1S/C32H45N5O5/c1-8-32(3,20-39)27(24(18-38)19-41-7)14-29-31-23(16-37(29)6)13-25-26(17-36(4)5)30(10-9-28(25)35-31)42-22(2)15-33-11-12-34-21-40/h9-10,13-14,18,20-22,33H,8,11-12,15-17,19H2,1-7H3,(H,34,40)/b27-24-,29-14-. The number of hydrogen-bond donors (Lipinski definition) is 2. The smallest absolute Gasteiger partial charge is 0.207 e. The van der Waals surface area contributed by atoms with Crippen LogP contribution in [-0.4, -0.2) is 94.4 Å². The first-order valence-corrected chi connectivity index (χ1v) is 14.3. The van der Waals surface area contributed by atoms with Crippen LogP contribution in [0.2, 0.25) is 0 Å². The Balaban J connectivity index is 2.07. The Morgan fingerprint density at radius 1 is 1.24 bits per heavy atom. The quantitative estimate of drug-likeness (QED) is 0.166. The van der Waals surface area contributed by atoms with Crippen molar-refractivity contribution in [1.82, 2.24) is 25.4 Å². The van der Waals surface area contributed by atoms with Crippen LogP contribution in [0.5, 0.6) is 5.75 Å². The average molecular weight is 580 g/mol. The van der Waals surface area contributed by atoms with Crippen molar-refractivity contribution in [2.45, 2.75) is 46.4 Å². The molecule has 2 heterocycles. The summed E-state index contributed by atoms with van der Waals surface area (Å²) < 4.78 is 11.7. The highest BCUT2D eigenvalue weighted by Gasteiger charge is 2.32. The summed E-state index contributed by atoms with van der Waals surface area (Å²) in [5.41, 5.74) is 4.91. The Kier molecular flexibility index (Phi) is 11.8. The van der Waals surface area contributed by atoms with Crippen molar-refractivity contribution < 1.29 is 23.9 Å². The molecule has 0 radical (unpaired) electrons. The van der Waals surface area contributed by atoms with Crippen LogP contribution >= 0.6 is 0 Å². The van der Waals surface area contributed by atoms with Gasteiger partial charge in [-0.3, -0.25) is 9.59 Å². The van der Waals surface area contributed by atoms with Crippen LogP contribution in [-0.2, 0) is 32.2 Å². The fraction of sp³-hybridized carbons (Fsp3) is 0.500. The fourth-order valence-corrected chi connectivity index (χ4v) is 5.17. The number of benzene rings is 1. The summed E-state index contributed by atoms with van der Waals surface area (Å²) in [4.78, 5) is 44.1. The van der Waals surface area contributed by atoms with E-state index in [1.165, 1.54) is 7.11 Å². The lowest BCUT2D eigenvalue weighted by Gasteiger charge is -2.26. The first-order chi connectivity index (χ1) is 20.1. The highest BCUT2D eigenvalue weighted by molar-refractivity contribution is 5.89. The van der Waals surface area contributed by atoms with Gasteiger partial charge in [0.2, 0.25) is 6.41 Å². The molecule has 2 aromatic rings. The second-order valence-electron chi connectivity index (χ2n) is 11.3. The highest BCUT2D eigenvalue weighted by atomic mass is 16.5. The van der Waals surface area contributed by atoms with E-state index in [4.69, 9.17) is 14.5 Å². The zero-order valence-electron chi connectivity index (χ0n) is 26.0. The lowest BCUT2D eigenvalue weighted by molar-refractivity contribution is -0.114. The molecule has 0 aliphatic carbocycles. The Labute approximate surface area is 249 Å². The van der Waals surface area contributed by atoms with Gasteiger partial charge in [-0.05, 0) is 69.8 Å². The predicted molar refractivity (Wildman–Crippen MR) is 165 cm³/mol. The molecule has 10 nitrogen and oxygen atoms in total. The number of aldehydes is 2. The lowest BCUT2D eigenvalue weighted by atomic mass is 9.78. The molecule has 1 amide bonds. The van der Waals surface area contributed by atoms with Crippen molar-refractivity contribution >= 4 is 35.6 Å². The molecule has 1 aromatic heterocycles. The van der Waals surface area contributed by atoms with Gasteiger partial charge in [0.1, 0.15) is 24.4 Å². The second kappa shape index (κ2) is 15.0. The molecule has 2 atom stereocenters. The first kappa shape index (κ1) is 32.9. The minimum atomic E-state index is -0.843. The van der Waals surface area contributed by atoms with E-state index in [9.17, 15) is 14.4 Å². The van der Waals surface area contributed by atoms with E-state index in [2.05, 4.69) is 26.5 Å². The van der Waals surface area contributed by atoms with Gasteiger partial charge >= 0.3 is 0 Å². The molecular formula is C32H45N5O5. The topological polar surface area (TPSA) is 113 Å². The molecule has 228 valence electrons. The van der Waals surface area contributed by atoms with Crippen molar-refractivity contribution in [3.05, 3.63) is 52.2 Å². The van der Waals surface area contributed by atoms with E-state index in [-0.39, 0.29) is 12.7 Å². The molecule has 3 rings (SSSR count). The number of hydrogen-bond acceptors (Lipinski definition) is 9. The number of ether oxygens (including phenoxy) is 2. The first-order valence-electron chi connectivity index (χ1n) is 14.3. The molecule has 1 aliphatic rings. The van der Waals surface area contributed by atoms with Crippen LogP contribution in [0.4, 0.5) is 0 Å². The summed E-state index contributed by atoms with van der Waals surface area (Å²) >= 11 is 0. The van der Waals surface area contributed by atoms with Gasteiger partial charge in [0.15, 0.2) is 0 Å². The molecule has 0 saturated heterocycles. The number of allylic oxidation sites excluding steroid dienone is 2. The summed E-state index contributed by atoms with van der Waals surface area (Å²) in [6.45, 7) is 9.11. The number of methoxy groups -OCH3 is 1. The number of pyridine rings is 1. The molecule has 0 fully saturated rings. The average Bonchev–Trinajstić information content (AvgIpc) is 3.27. The maximum atomic E-state index is 12.2. The number of amides is 1. The number of rotatable bonds is 17. The van der Waals surface area contributed by atoms with Gasteiger partial charge in [0, 0.05) is 68.8 Å². The van der Waals surface area contributed by atoms with Gasteiger partial charge < -0.3 is 34.7 Å². The predicted octanol–water partition coefficient (Wildman–Crippen LogP) is 2.94. The largest absolute Gasteiger partial charge is 0.489 e. The monoisotopic (exact) mass is 579 g/mol. The van der Waals surface area contributed by atoms with Crippen molar-refractivity contribution in [3.8, 4) is 5.75 Å². The number of nitrogens with zero attached hydrogens (tertiary/aromatic N) is 3. The molecule has 0 saturated carbocycles. The molecule has 1 aromatic carbocycles. The van der Waals surface area contributed by atoms with Crippen LogP contribution in [0.15, 0.2) is 35.4 Å². The normalized spacial score (nSPS) is 16.7. The van der Waals surface area contributed by atoms with E-state index in [1.54, 1.807) is 0 Å². The van der Waals surface area contributed by atoms with Gasteiger partial charge in [0.25, 0.3) is 0 Å². The van der Waals surface area contributed by atoms with Crippen molar-refractivity contribution in [3.63, 3.8) is 0 Å². The number of carbonyl (C=O) groups is 3. The van der Waals surface area contributed by atoms with Gasteiger partial charge in [-0.1, -0.05) is 6.92 Å². The molecule has 42 heavy (non-hydrogen) atoms. The van der Waals surface area contributed by atoms with E-state index >= 15 is 0 Å². The fourth-order valence-electron chi connectivity index (χ4n) is 5.17.